The van der Waals surface area contributed by atoms with Gasteiger partial charge in [0.2, 0.25) is 5.89 Å². The summed E-state index contributed by atoms with van der Waals surface area (Å²) in [6.07, 6.45) is 7.79. The van der Waals surface area contributed by atoms with E-state index in [1.807, 2.05) is 12.3 Å². The lowest BCUT2D eigenvalue weighted by molar-refractivity contribution is 0.126. The van der Waals surface area contributed by atoms with Crippen LogP contribution in [0.3, 0.4) is 0 Å². The van der Waals surface area contributed by atoms with Crippen LogP contribution in [-0.2, 0) is 13.1 Å². The van der Waals surface area contributed by atoms with Gasteiger partial charge < -0.3 is 14.9 Å². The Balaban J connectivity index is 1.21. The maximum absolute atomic E-state index is 10.1. The van der Waals surface area contributed by atoms with Gasteiger partial charge in [0.1, 0.15) is 0 Å². The molecule has 2 fully saturated rings. The topological polar surface area (TPSA) is 92.2 Å². The molecule has 2 aliphatic rings. The molecule has 1 aliphatic heterocycles. The van der Waals surface area contributed by atoms with E-state index >= 15 is 0 Å². The van der Waals surface area contributed by atoms with E-state index in [4.69, 9.17) is 4.52 Å². The van der Waals surface area contributed by atoms with Gasteiger partial charge in [-0.3, -0.25) is 9.58 Å². The molecule has 0 spiro atoms. The quantitative estimate of drug-likeness (QED) is 0.729. The van der Waals surface area contributed by atoms with Gasteiger partial charge >= 0.3 is 0 Å². The van der Waals surface area contributed by atoms with E-state index in [-0.39, 0.29) is 0 Å². The zero-order chi connectivity index (χ0) is 17.1. The molecule has 1 aliphatic carbocycles. The van der Waals surface area contributed by atoms with E-state index < -0.39 is 6.10 Å². The van der Waals surface area contributed by atoms with E-state index in [2.05, 4.69) is 25.5 Å². The molecule has 25 heavy (non-hydrogen) atoms. The molecule has 1 saturated carbocycles. The molecule has 0 bridgehead atoms. The Labute approximate surface area is 147 Å². The highest BCUT2D eigenvalue weighted by Crippen LogP contribution is 2.38. The molecule has 1 saturated heterocycles. The molecule has 2 aromatic heterocycles. The highest BCUT2D eigenvalue weighted by molar-refractivity contribution is 5.01. The third-order valence-corrected chi connectivity index (χ3v) is 4.88. The summed E-state index contributed by atoms with van der Waals surface area (Å²) in [6, 6.07) is 2.25. The number of aliphatic hydroxyl groups is 1. The summed E-state index contributed by atoms with van der Waals surface area (Å²) in [5, 5.41) is 21.9. The van der Waals surface area contributed by atoms with Crippen molar-refractivity contribution in [2.24, 2.45) is 0 Å². The van der Waals surface area contributed by atoms with Crippen LogP contribution < -0.4 is 5.32 Å². The maximum atomic E-state index is 10.1. The van der Waals surface area contributed by atoms with Crippen molar-refractivity contribution >= 4 is 0 Å². The predicted molar refractivity (Wildman–Crippen MR) is 90.8 cm³/mol. The minimum Gasteiger partial charge on any atom is -0.390 e. The normalized spacial score (nSPS) is 23.0. The van der Waals surface area contributed by atoms with Gasteiger partial charge in [-0.05, 0) is 38.3 Å². The fourth-order valence-corrected chi connectivity index (χ4v) is 3.39. The highest BCUT2D eigenvalue weighted by Gasteiger charge is 2.30. The molecule has 4 rings (SSSR count). The lowest BCUT2D eigenvalue weighted by atomic mass is 10.1. The van der Waals surface area contributed by atoms with Gasteiger partial charge in [-0.25, -0.2) is 0 Å². The third kappa shape index (κ3) is 4.65. The number of hydrogen-bond acceptors (Lipinski definition) is 7. The van der Waals surface area contributed by atoms with Crippen LogP contribution in [0.25, 0.3) is 0 Å². The summed E-state index contributed by atoms with van der Waals surface area (Å²) in [7, 11) is 0. The van der Waals surface area contributed by atoms with Gasteiger partial charge in [0.05, 0.1) is 19.2 Å². The fourth-order valence-electron chi connectivity index (χ4n) is 3.39. The molecule has 0 aromatic carbocycles. The number of nitrogens with zero attached hydrogens (tertiary/aromatic N) is 5. The molecule has 2 unspecified atom stereocenters. The first-order valence-electron chi connectivity index (χ1n) is 9.20. The van der Waals surface area contributed by atoms with Gasteiger partial charge in [0.15, 0.2) is 5.82 Å². The minimum absolute atomic E-state index is 0.385. The molecule has 3 heterocycles. The zero-order valence-corrected chi connectivity index (χ0v) is 14.4. The van der Waals surface area contributed by atoms with E-state index in [1.54, 1.807) is 10.9 Å². The van der Waals surface area contributed by atoms with Gasteiger partial charge in [-0.1, -0.05) is 5.16 Å². The van der Waals surface area contributed by atoms with Crippen LogP contribution in [0.1, 0.15) is 43.3 Å². The van der Waals surface area contributed by atoms with Gasteiger partial charge in [-0.15, -0.1) is 0 Å². The highest BCUT2D eigenvalue weighted by atomic mass is 16.5. The molecule has 2 atom stereocenters. The minimum atomic E-state index is -0.436. The summed E-state index contributed by atoms with van der Waals surface area (Å²) >= 11 is 0. The zero-order valence-electron chi connectivity index (χ0n) is 14.4. The van der Waals surface area contributed by atoms with Crippen molar-refractivity contribution in [3.63, 3.8) is 0 Å². The molecule has 0 amide bonds. The average molecular weight is 346 g/mol. The smallest absolute Gasteiger partial charge is 0.229 e. The number of aliphatic hydroxyl groups excluding tert-OH is 1. The number of aromatic nitrogens is 4. The Morgan fingerprint density at radius 1 is 1.36 bits per heavy atom. The second-order valence-electron chi connectivity index (χ2n) is 7.19. The second-order valence-corrected chi connectivity index (χ2v) is 7.19. The number of likely N-dealkylation sites (tertiary alicyclic amines) is 1. The molecule has 2 aromatic rings. The lowest BCUT2D eigenvalue weighted by Crippen LogP contribution is -2.47. The summed E-state index contributed by atoms with van der Waals surface area (Å²) < 4.78 is 7.10. The van der Waals surface area contributed by atoms with Crippen LogP contribution in [0.15, 0.2) is 23.0 Å². The van der Waals surface area contributed by atoms with Crippen molar-refractivity contribution in [1.29, 1.82) is 0 Å². The Bertz CT molecular complexity index is 654. The molecular weight excluding hydrogens is 320 g/mol. The van der Waals surface area contributed by atoms with Crippen molar-refractivity contribution in [3.8, 4) is 0 Å². The van der Waals surface area contributed by atoms with E-state index in [0.29, 0.717) is 25.0 Å². The maximum Gasteiger partial charge on any atom is 0.229 e. The number of rotatable bonds is 8. The summed E-state index contributed by atoms with van der Waals surface area (Å²) in [5.41, 5.74) is 0. The van der Waals surface area contributed by atoms with Crippen molar-refractivity contribution in [1.82, 2.24) is 30.1 Å². The summed E-state index contributed by atoms with van der Waals surface area (Å²) in [5.74, 6) is 2.11. The first kappa shape index (κ1) is 16.7. The van der Waals surface area contributed by atoms with Crippen molar-refractivity contribution < 1.29 is 9.63 Å². The third-order valence-electron chi connectivity index (χ3n) is 4.88. The van der Waals surface area contributed by atoms with Crippen LogP contribution in [-0.4, -0.2) is 61.7 Å². The Kier molecular flexibility index (Phi) is 5.09. The van der Waals surface area contributed by atoms with E-state index in [9.17, 15) is 5.11 Å². The van der Waals surface area contributed by atoms with Crippen LogP contribution in [0.2, 0.25) is 0 Å². The largest absolute Gasteiger partial charge is 0.390 e. The first-order valence-corrected chi connectivity index (χ1v) is 9.20. The predicted octanol–water partition coefficient (Wildman–Crippen LogP) is 0.759. The molecule has 8 nitrogen and oxygen atoms in total. The van der Waals surface area contributed by atoms with E-state index in [1.165, 1.54) is 12.8 Å². The SMILES string of the molecule is OC(CNC1CCCN(Cc2noc(C3CC3)n2)C1)Cn1cccn1. The van der Waals surface area contributed by atoms with Crippen LogP contribution >= 0.6 is 0 Å². The molecular formula is C17H26N6O2. The van der Waals surface area contributed by atoms with Crippen LogP contribution in [0, 0.1) is 0 Å². The fraction of sp³-hybridized carbons (Fsp3) is 0.706. The van der Waals surface area contributed by atoms with Crippen LogP contribution in [0.5, 0.6) is 0 Å². The molecule has 2 N–H and O–H groups in total. The summed E-state index contributed by atoms with van der Waals surface area (Å²) in [6.45, 7) is 3.84. The van der Waals surface area contributed by atoms with Gasteiger partial charge in [-0.2, -0.15) is 10.1 Å². The molecule has 0 radical (unpaired) electrons. The Morgan fingerprint density at radius 2 is 2.28 bits per heavy atom. The lowest BCUT2D eigenvalue weighted by Gasteiger charge is -2.32. The number of piperidine rings is 1. The van der Waals surface area contributed by atoms with Gasteiger partial charge in [0, 0.05) is 37.4 Å². The van der Waals surface area contributed by atoms with Crippen molar-refractivity contribution in [2.75, 3.05) is 19.6 Å². The van der Waals surface area contributed by atoms with Crippen LogP contribution in [0.4, 0.5) is 0 Å². The second kappa shape index (κ2) is 7.63. The number of nitrogens with one attached hydrogen (secondary N) is 1. The van der Waals surface area contributed by atoms with Crippen molar-refractivity contribution in [2.45, 2.75) is 56.8 Å². The monoisotopic (exact) mass is 346 g/mol. The number of hydrogen-bond donors (Lipinski definition) is 2. The van der Waals surface area contributed by atoms with Gasteiger partial charge in [0.25, 0.3) is 0 Å². The van der Waals surface area contributed by atoms with E-state index in [0.717, 1.165) is 44.2 Å². The molecule has 136 valence electrons. The Hall–Kier alpha value is -1.77. The average Bonchev–Trinajstić information content (AvgIpc) is 3.14. The van der Waals surface area contributed by atoms with Crippen molar-refractivity contribution in [3.05, 3.63) is 30.2 Å². The standard InChI is InChI=1S/C17H26N6O2/c24-15(11-23-8-2-6-19-23)9-18-14-3-1-7-22(10-14)12-16-20-17(25-21-16)13-4-5-13/h2,6,8,13-15,18,24H,1,3-5,7,9-12H2. The Morgan fingerprint density at radius 3 is 3.08 bits per heavy atom. The molecule has 8 heteroatoms. The first-order chi connectivity index (χ1) is 12.3. The summed E-state index contributed by atoms with van der Waals surface area (Å²) in [4.78, 5) is 6.88.